The number of hydrogen-bond donors (Lipinski definition) is 2. The van der Waals surface area contributed by atoms with Gasteiger partial charge in [-0.1, -0.05) is 30.3 Å². The number of benzene rings is 2. The average molecular weight is 531 g/mol. The molecule has 0 unspecified atom stereocenters. The minimum atomic E-state index is -0.542. The first-order valence-electron chi connectivity index (χ1n) is 13.2. The van der Waals surface area contributed by atoms with Crippen molar-refractivity contribution in [2.75, 3.05) is 26.2 Å². The van der Waals surface area contributed by atoms with E-state index in [0.717, 1.165) is 17.2 Å². The van der Waals surface area contributed by atoms with Crippen molar-refractivity contribution in [2.45, 2.75) is 32.2 Å². The molecule has 2 aromatic carbocycles. The van der Waals surface area contributed by atoms with Gasteiger partial charge in [-0.3, -0.25) is 19.4 Å². The maximum Gasteiger partial charge on any atom is 0.256 e. The zero-order valence-corrected chi connectivity index (χ0v) is 21.8. The van der Waals surface area contributed by atoms with E-state index in [2.05, 4.69) is 15.6 Å². The molecule has 2 aliphatic rings. The Morgan fingerprint density at radius 1 is 1.05 bits per heavy atom. The van der Waals surface area contributed by atoms with Crippen LogP contribution in [0.1, 0.15) is 45.7 Å². The molecule has 0 saturated carbocycles. The van der Waals surface area contributed by atoms with Gasteiger partial charge in [-0.25, -0.2) is 4.39 Å². The number of fused-ring (bicyclic) bond motifs is 4. The fraction of sp³-hybridized carbons (Fsp3) is 0.333. The molecule has 8 nitrogen and oxygen atoms in total. The third-order valence-corrected chi connectivity index (χ3v) is 7.24. The van der Waals surface area contributed by atoms with Gasteiger partial charge in [0.05, 0.1) is 29.3 Å². The maximum atomic E-state index is 14.1. The van der Waals surface area contributed by atoms with Gasteiger partial charge in [0.15, 0.2) is 0 Å². The molecule has 5 rings (SSSR count). The van der Waals surface area contributed by atoms with Crippen LogP contribution in [0.15, 0.2) is 60.8 Å². The first-order chi connectivity index (χ1) is 18.9. The number of rotatable bonds is 2. The number of hydrogen-bond acceptors (Lipinski definition) is 5. The topological polar surface area (TPSA) is 101 Å². The summed E-state index contributed by atoms with van der Waals surface area (Å²) in [4.78, 5) is 46.6. The summed E-state index contributed by atoms with van der Waals surface area (Å²) in [6.45, 7) is 2.84. The van der Waals surface area contributed by atoms with Crippen molar-refractivity contribution in [1.29, 1.82) is 0 Å². The molecule has 39 heavy (non-hydrogen) atoms. The van der Waals surface area contributed by atoms with Crippen molar-refractivity contribution in [3.63, 3.8) is 0 Å². The van der Waals surface area contributed by atoms with Gasteiger partial charge in [0.25, 0.3) is 11.8 Å². The van der Waals surface area contributed by atoms with Crippen LogP contribution in [0.3, 0.4) is 0 Å². The zero-order chi connectivity index (χ0) is 27.4. The molecule has 2 atom stereocenters. The summed E-state index contributed by atoms with van der Waals surface area (Å²) in [6, 6.07) is 14.8. The highest BCUT2D eigenvalue weighted by atomic mass is 19.1. The number of nitrogens with one attached hydrogen (secondary N) is 2. The lowest BCUT2D eigenvalue weighted by Gasteiger charge is -2.28. The molecular weight excluding hydrogens is 499 g/mol. The number of pyridine rings is 1. The minimum Gasteiger partial charge on any atom is -0.493 e. The second-order valence-electron chi connectivity index (χ2n) is 9.97. The van der Waals surface area contributed by atoms with E-state index in [4.69, 9.17) is 4.74 Å². The van der Waals surface area contributed by atoms with Crippen molar-refractivity contribution >= 4 is 17.7 Å². The van der Waals surface area contributed by atoms with Gasteiger partial charge in [-0.2, -0.15) is 0 Å². The van der Waals surface area contributed by atoms with Crippen molar-refractivity contribution < 1.29 is 23.5 Å². The van der Waals surface area contributed by atoms with E-state index in [1.54, 1.807) is 18.0 Å². The summed E-state index contributed by atoms with van der Waals surface area (Å²) >= 11 is 0. The van der Waals surface area contributed by atoms with Crippen LogP contribution >= 0.6 is 0 Å². The Morgan fingerprint density at radius 3 is 2.69 bits per heavy atom. The fourth-order valence-electron chi connectivity index (χ4n) is 5.22. The first kappa shape index (κ1) is 26.3. The number of ether oxygens (including phenoxy) is 1. The molecule has 2 bridgehead atoms. The van der Waals surface area contributed by atoms with E-state index in [1.165, 1.54) is 12.1 Å². The second kappa shape index (κ2) is 11.6. The van der Waals surface area contributed by atoms with E-state index in [1.807, 2.05) is 36.4 Å². The first-order valence-corrected chi connectivity index (χ1v) is 13.2. The molecule has 1 saturated heterocycles. The van der Waals surface area contributed by atoms with Gasteiger partial charge in [0, 0.05) is 31.9 Å². The zero-order valence-electron chi connectivity index (χ0n) is 21.8. The molecular formula is C30H31FN4O4. The normalized spacial score (nSPS) is 20.1. The molecule has 0 radical (unpaired) electrons. The van der Waals surface area contributed by atoms with Crippen LogP contribution in [-0.2, 0) is 4.79 Å². The molecule has 1 aromatic heterocycles. The van der Waals surface area contributed by atoms with Crippen molar-refractivity contribution in [2.24, 2.45) is 5.92 Å². The highest BCUT2D eigenvalue weighted by Gasteiger charge is 2.34. The molecule has 0 aliphatic carbocycles. The largest absolute Gasteiger partial charge is 0.493 e. The van der Waals surface area contributed by atoms with Gasteiger partial charge in [-0.05, 0) is 61.6 Å². The standard InChI is InChI=1S/C30H31FN4O4/c1-19-27(24(12-14-32-19)20-6-3-2-4-7-20)30(38)35-17-21-8-10-23(18-35)34-29(37)25-16-22(31)9-11-26(25)39-15-5-13-33-28(21)36/h2-4,6-7,9,11-12,14,16,21,23H,5,8,10,13,15,17-18H2,1H3,(H,33,36)(H,34,37)/t21-,23+/m0/s1. The van der Waals surface area contributed by atoms with E-state index in [-0.39, 0.29) is 42.8 Å². The van der Waals surface area contributed by atoms with Crippen LogP contribution in [0.25, 0.3) is 11.1 Å². The summed E-state index contributed by atoms with van der Waals surface area (Å²) in [7, 11) is 0. The average Bonchev–Trinajstić information content (AvgIpc) is 3.16. The fourth-order valence-corrected chi connectivity index (χ4v) is 5.22. The Labute approximate surface area is 226 Å². The van der Waals surface area contributed by atoms with Crippen LogP contribution in [0, 0.1) is 18.7 Å². The Morgan fingerprint density at radius 2 is 1.87 bits per heavy atom. The number of halogens is 1. The van der Waals surface area contributed by atoms with Crippen LogP contribution in [0.4, 0.5) is 4.39 Å². The Bertz CT molecular complexity index is 1380. The molecule has 3 amide bonds. The smallest absolute Gasteiger partial charge is 0.256 e. The molecule has 3 heterocycles. The molecule has 9 heteroatoms. The number of aryl methyl sites for hydroxylation is 1. The lowest BCUT2D eigenvalue weighted by atomic mass is 9.97. The Kier molecular flexibility index (Phi) is 7.86. The molecule has 2 aliphatic heterocycles. The second-order valence-corrected chi connectivity index (χ2v) is 9.97. The van der Waals surface area contributed by atoms with Gasteiger partial charge < -0.3 is 20.3 Å². The number of carbonyl (C=O) groups excluding carboxylic acids is 3. The number of carbonyl (C=O) groups is 3. The lowest BCUT2D eigenvalue weighted by molar-refractivity contribution is -0.125. The lowest BCUT2D eigenvalue weighted by Crippen LogP contribution is -2.46. The number of likely N-dealkylation sites (tertiary alicyclic amines) is 1. The number of aromatic nitrogens is 1. The summed E-state index contributed by atoms with van der Waals surface area (Å²) in [5.41, 5.74) is 2.79. The summed E-state index contributed by atoms with van der Waals surface area (Å²) in [5.74, 6) is -1.58. The van der Waals surface area contributed by atoms with E-state index in [9.17, 15) is 18.8 Å². The Hall–Kier alpha value is -4.27. The Balaban J connectivity index is 1.50. The predicted molar refractivity (Wildman–Crippen MR) is 144 cm³/mol. The quantitative estimate of drug-likeness (QED) is 0.526. The number of nitrogens with zero attached hydrogens (tertiary/aromatic N) is 2. The van der Waals surface area contributed by atoms with Gasteiger partial charge >= 0.3 is 0 Å². The van der Waals surface area contributed by atoms with Crippen molar-refractivity contribution in [1.82, 2.24) is 20.5 Å². The summed E-state index contributed by atoms with van der Waals surface area (Å²) < 4.78 is 19.8. The van der Waals surface area contributed by atoms with Crippen LogP contribution in [-0.4, -0.2) is 59.9 Å². The van der Waals surface area contributed by atoms with E-state index < -0.39 is 23.7 Å². The van der Waals surface area contributed by atoms with Crippen LogP contribution in [0.2, 0.25) is 0 Å². The van der Waals surface area contributed by atoms with Crippen LogP contribution < -0.4 is 15.4 Å². The highest BCUT2D eigenvalue weighted by molar-refractivity contribution is 6.02. The van der Waals surface area contributed by atoms with E-state index >= 15 is 0 Å². The molecule has 202 valence electrons. The predicted octanol–water partition coefficient (Wildman–Crippen LogP) is 3.75. The van der Waals surface area contributed by atoms with Gasteiger partial charge in [0.2, 0.25) is 5.91 Å². The van der Waals surface area contributed by atoms with Gasteiger partial charge in [-0.15, -0.1) is 0 Å². The maximum absolute atomic E-state index is 14.1. The summed E-state index contributed by atoms with van der Waals surface area (Å²) in [5, 5.41) is 5.93. The minimum absolute atomic E-state index is 0.101. The SMILES string of the molecule is Cc1nccc(-c2ccccc2)c1C(=O)N1C[C@H]2CC[C@@H](C1)C(=O)NCCCOc1ccc(F)cc1C(=O)N2. The van der Waals surface area contributed by atoms with Crippen molar-refractivity contribution in [3.05, 3.63) is 83.4 Å². The number of amides is 3. The van der Waals surface area contributed by atoms with Crippen LogP contribution in [0.5, 0.6) is 5.75 Å². The molecule has 2 N–H and O–H groups in total. The monoisotopic (exact) mass is 530 g/mol. The molecule has 3 aromatic rings. The third kappa shape index (κ3) is 5.92. The summed E-state index contributed by atoms with van der Waals surface area (Å²) in [6.07, 6.45) is 3.16. The molecule has 1 fully saturated rings. The van der Waals surface area contributed by atoms with E-state index in [0.29, 0.717) is 37.1 Å². The van der Waals surface area contributed by atoms with Crippen molar-refractivity contribution in [3.8, 4) is 16.9 Å². The molecule has 0 spiro atoms. The third-order valence-electron chi connectivity index (χ3n) is 7.24. The van der Waals surface area contributed by atoms with Gasteiger partial charge in [0.1, 0.15) is 11.6 Å². The highest BCUT2D eigenvalue weighted by Crippen LogP contribution is 2.28.